The fourth-order valence-corrected chi connectivity index (χ4v) is 2.08. The summed E-state index contributed by atoms with van der Waals surface area (Å²) in [5.74, 6) is 0. The summed E-state index contributed by atoms with van der Waals surface area (Å²) < 4.78 is 11.2. The van der Waals surface area contributed by atoms with Crippen molar-refractivity contribution in [3.05, 3.63) is 35.9 Å². The van der Waals surface area contributed by atoms with Crippen LogP contribution in [0, 0.1) is 0 Å². The molecule has 0 bridgehead atoms. The standard InChI is InChI=1S/C18H31NO3/c1-18(2,3)22-17(20-4)13-9-6-10-14-19-21-15-16-11-7-5-8-12-16/h5,7-8,11-12,17,19H,6,9-10,13-15H2,1-4H3. The van der Waals surface area contributed by atoms with Crippen molar-refractivity contribution in [1.82, 2.24) is 5.48 Å². The van der Waals surface area contributed by atoms with Gasteiger partial charge in [-0.15, -0.1) is 0 Å². The molecule has 1 rings (SSSR count). The van der Waals surface area contributed by atoms with Crippen molar-refractivity contribution in [2.45, 2.75) is 65.0 Å². The third-order valence-electron chi connectivity index (χ3n) is 3.15. The van der Waals surface area contributed by atoms with Gasteiger partial charge >= 0.3 is 0 Å². The molecule has 1 unspecified atom stereocenters. The molecule has 1 aromatic carbocycles. The van der Waals surface area contributed by atoms with Gasteiger partial charge in [-0.1, -0.05) is 36.8 Å². The first-order chi connectivity index (χ1) is 10.5. The van der Waals surface area contributed by atoms with E-state index in [1.54, 1.807) is 7.11 Å². The maximum Gasteiger partial charge on any atom is 0.157 e. The smallest absolute Gasteiger partial charge is 0.157 e. The number of hydrogen-bond donors (Lipinski definition) is 1. The fourth-order valence-electron chi connectivity index (χ4n) is 2.08. The Morgan fingerprint density at radius 2 is 1.77 bits per heavy atom. The lowest BCUT2D eigenvalue weighted by atomic mass is 10.1. The van der Waals surface area contributed by atoms with E-state index >= 15 is 0 Å². The number of nitrogens with one attached hydrogen (secondary N) is 1. The van der Waals surface area contributed by atoms with Gasteiger partial charge in [-0.05, 0) is 45.6 Å². The number of rotatable bonds is 11. The lowest BCUT2D eigenvalue weighted by Crippen LogP contribution is -2.28. The highest BCUT2D eigenvalue weighted by molar-refractivity contribution is 5.13. The minimum Gasteiger partial charge on any atom is -0.356 e. The Labute approximate surface area is 135 Å². The maximum atomic E-state index is 5.82. The van der Waals surface area contributed by atoms with E-state index in [-0.39, 0.29) is 11.9 Å². The van der Waals surface area contributed by atoms with Crippen molar-refractivity contribution in [1.29, 1.82) is 0 Å². The summed E-state index contributed by atoms with van der Waals surface area (Å²) in [5, 5.41) is 0. The monoisotopic (exact) mass is 309 g/mol. The average molecular weight is 309 g/mol. The molecule has 0 saturated carbocycles. The summed E-state index contributed by atoms with van der Waals surface area (Å²) in [7, 11) is 1.70. The molecule has 126 valence electrons. The van der Waals surface area contributed by atoms with Crippen molar-refractivity contribution in [3.8, 4) is 0 Å². The van der Waals surface area contributed by atoms with E-state index < -0.39 is 0 Å². The first-order valence-corrected chi connectivity index (χ1v) is 8.10. The van der Waals surface area contributed by atoms with Gasteiger partial charge in [-0.2, -0.15) is 0 Å². The second kappa shape index (κ2) is 10.7. The molecule has 0 aliphatic heterocycles. The molecule has 0 fully saturated rings. The summed E-state index contributed by atoms with van der Waals surface area (Å²) in [4.78, 5) is 5.44. The van der Waals surface area contributed by atoms with Crippen molar-refractivity contribution in [2.75, 3.05) is 13.7 Å². The predicted molar refractivity (Wildman–Crippen MR) is 89.3 cm³/mol. The first-order valence-electron chi connectivity index (χ1n) is 8.10. The van der Waals surface area contributed by atoms with Gasteiger partial charge in [0.15, 0.2) is 6.29 Å². The third kappa shape index (κ3) is 9.90. The SMILES string of the molecule is COC(CCCCCNOCc1ccccc1)OC(C)(C)C. The topological polar surface area (TPSA) is 39.7 Å². The first kappa shape index (κ1) is 19.1. The van der Waals surface area contributed by atoms with Gasteiger partial charge in [0.2, 0.25) is 0 Å². The fraction of sp³-hybridized carbons (Fsp3) is 0.667. The Hall–Kier alpha value is -0.940. The van der Waals surface area contributed by atoms with Gasteiger partial charge in [0, 0.05) is 13.7 Å². The summed E-state index contributed by atoms with van der Waals surface area (Å²) in [6, 6.07) is 10.2. The number of hydroxylamine groups is 1. The van der Waals surface area contributed by atoms with E-state index in [2.05, 4.69) is 17.6 Å². The van der Waals surface area contributed by atoms with Crippen LogP contribution in [0.4, 0.5) is 0 Å². The highest BCUT2D eigenvalue weighted by atomic mass is 16.7. The third-order valence-corrected chi connectivity index (χ3v) is 3.15. The van der Waals surface area contributed by atoms with Crippen LogP contribution in [-0.4, -0.2) is 25.5 Å². The molecule has 0 amide bonds. The summed E-state index contributed by atoms with van der Waals surface area (Å²) in [6.45, 7) is 7.61. The largest absolute Gasteiger partial charge is 0.356 e. The molecule has 0 saturated heterocycles. The second-order valence-corrected chi connectivity index (χ2v) is 6.41. The second-order valence-electron chi connectivity index (χ2n) is 6.41. The van der Waals surface area contributed by atoms with Crippen molar-refractivity contribution < 1.29 is 14.3 Å². The molecular formula is C18H31NO3. The quantitative estimate of drug-likeness (QED) is 0.380. The summed E-state index contributed by atoms with van der Waals surface area (Å²) in [6.07, 6.45) is 4.13. The molecular weight excluding hydrogens is 278 g/mol. The number of benzene rings is 1. The molecule has 4 nitrogen and oxygen atoms in total. The highest BCUT2D eigenvalue weighted by Crippen LogP contribution is 2.16. The van der Waals surface area contributed by atoms with E-state index in [0.717, 1.165) is 32.2 Å². The lowest BCUT2D eigenvalue weighted by molar-refractivity contribution is -0.185. The van der Waals surface area contributed by atoms with Crippen LogP contribution in [0.1, 0.15) is 52.0 Å². The molecule has 0 radical (unpaired) electrons. The molecule has 0 heterocycles. The number of ether oxygens (including phenoxy) is 2. The zero-order chi connectivity index (χ0) is 16.3. The molecule has 0 aliphatic carbocycles. The van der Waals surface area contributed by atoms with Crippen LogP contribution in [0.25, 0.3) is 0 Å². The molecule has 1 atom stereocenters. The van der Waals surface area contributed by atoms with E-state index in [4.69, 9.17) is 14.3 Å². The molecule has 1 aromatic rings. The predicted octanol–water partition coefficient (Wildman–Crippen LogP) is 4.06. The molecule has 0 spiro atoms. The molecule has 22 heavy (non-hydrogen) atoms. The van der Waals surface area contributed by atoms with Gasteiger partial charge in [-0.25, -0.2) is 5.48 Å². The van der Waals surface area contributed by atoms with Gasteiger partial charge in [0.05, 0.1) is 12.2 Å². The molecule has 0 aliphatic rings. The maximum absolute atomic E-state index is 5.82. The zero-order valence-corrected chi connectivity index (χ0v) is 14.4. The van der Waals surface area contributed by atoms with Gasteiger partial charge in [-0.3, -0.25) is 4.84 Å². The van der Waals surface area contributed by atoms with E-state index in [1.807, 2.05) is 39.0 Å². The van der Waals surface area contributed by atoms with Crippen LogP contribution >= 0.6 is 0 Å². The minimum absolute atomic E-state index is 0.109. The van der Waals surface area contributed by atoms with Crippen molar-refractivity contribution in [2.24, 2.45) is 0 Å². The van der Waals surface area contributed by atoms with Crippen LogP contribution in [-0.2, 0) is 20.9 Å². The van der Waals surface area contributed by atoms with E-state index in [1.165, 1.54) is 5.56 Å². The van der Waals surface area contributed by atoms with Crippen LogP contribution in [0.15, 0.2) is 30.3 Å². The van der Waals surface area contributed by atoms with Crippen molar-refractivity contribution in [3.63, 3.8) is 0 Å². The average Bonchev–Trinajstić information content (AvgIpc) is 2.48. The van der Waals surface area contributed by atoms with Gasteiger partial charge in [0.1, 0.15) is 0 Å². The van der Waals surface area contributed by atoms with Crippen LogP contribution < -0.4 is 5.48 Å². The Morgan fingerprint density at radius 1 is 1.05 bits per heavy atom. The lowest BCUT2D eigenvalue weighted by Gasteiger charge is -2.26. The number of methoxy groups -OCH3 is 1. The Morgan fingerprint density at radius 3 is 2.41 bits per heavy atom. The summed E-state index contributed by atoms with van der Waals surface area (Å²) >= 11 is 0. The number of unbranched alkanes of at least 4 members (excludes halogenated alkanes) is 2. The molecule has 1 N–H and O–H groups in total. The number of hydrogen-bond acceptors (Lipinski definition) is 4. The van der Waals surface area contributed by atoms with Crippen molar-refractivity contribution >= 4 is 0 Å². The molecule has 4 heteroatoms. The normalized spacial score (nSPS) is 13.3. The minimum atomic E-state index is -0.159. The molecule has 0 aromatic heterocycles. The zero-order valence-electron chi connectivity index (χ0n) is 14.4. The Kier molecular flexibility index (Phi) is 9.32. The highest BCUT2D eigenvalue weighted by Gasteiger charge is 2.17. The van der Waals surface area contributed by atoms with E-state index in [0.29, 0.717) is 6.61 Å². The Balaban J connectivity index is 1.97. The van der Waals surface area contributed by atoms with E-state index in [9.17, 15) is 0 Å². The Bertz CT molecular complexity index is 376. The van der Waals surface area contributed by atoms with Crippen LogP contribution in [0.5, 0.6) is 0 Å². The van der Waals surface area contributed by atoms with Gasteiger partial charge in [0.25, 0.3) is 0 Å². The van der Waals surface area contributed by atoms with Gasteiger partial charge < -0.3 is 9.47 Å². The van der Waals surface area contributed by atoms with Crippen LogP contribution in [0.3, 0.4) is 0 Å². The van der Waals surface area contributed by atoms with Crippen LogP contribution in [0.2, 0.25) is 0 Å². The summed E-state index contributed by atoms with van der Waals surface area (Å²) in [5.41, 5.74) is 4.03.